The van der Waals surface area contributed by atoms with E-state index in [4.69, 9.17) is 38.5 Å². The fourth-order valence-electron chi connectivity index (χ4n) is 4.66. The van der Waals surface area contributed by atoms with Gasteiger partial charge in [-0.25, -0.2) is 14.0 Å². The highest BCUT2D eigenvalue weighted by Gasteiger charge is 2.51. The maximum absolute atomic E-state index is 7.18. The van der Waals surface area contributed by atoms with Crippen LogP contribution in [0.1, 0.15) is 153 Å². The number of halogens is 2. The van der Waals surface area contributed by atoms with Crippen molar-refractivity contribution in [3.63, 3.8) is 0 Å². The molecular formula is C29H46Cl2N6. The van der Waals surface area contributed by atoms with Gasteiger partial charge in [0.1, 0.15) is 0 Å². The van der Waals surface area contributed by atoms with Crippen LogP contribution in [0, 0.1) is 0 Å². The molecule has 0 aliphatic rings. The van der Waals surface area contributed by atoms with E-state index in [0.717, 1.165) is 34.2 Å². The monoisotopic (exact) mass is 548 g/mol. The molecule has 3 aromatic rings. The van der Waals surface area contributed by atoms with E-state index in [0.29, 0.717) is 0 Å². The topological polar surface area (TPSA) is 53.5 Å². The van der Waals surface area contributed by atoms with Gasteiger partial charge in [-0.05, 0) is 53.7 Å². The average Bonchev–Trinajstić information content (AvgIpc) is 3.51. The lowest BCUT2D eigenvalue weighted by Gasteiger charge is -2.40. The van der Waals surface area contributed by atoms with Crippen molar-refractivity contribution in [2.24, 2.45) is 0 Å². The van der Waals surface area contributed by atoms with Crippen LogP contribution in [0.2, 0.25) is 0 Å². The van der Waals surface area contributed by atoms with E-state index in [2.05, 4.69) is 101 Å². The third-order valence-corrected chi connectivity index (χ3v) is 7.63. The van der Waals surface area contributed by atoms with Crippen LogP contribution in [0.5, 0.6) is 0 Å². The molecule has 37 heavy (non-hydrogen) atoms. The maximum Gasteiger partial charge on any atom is 0.280 e. The molecule has 0 N–H and O–H groups in total. The third-order valence-electron chi connectivity index (χ3n) is 7.04. The molecule has 0 unspecified atom stereocenters. The maximum atomic E-state index is 7.18. The van der Waals surface area contributed by atoms with Gasteiger partial charge in [-0.3, -0.25) is 0 Å². The molecule has 0 aromatic carbocycles. The number of hydrogen-bond acceptors (Lipinski definition) is 3. The smallest absolute Gasteiger partial charge is 0.219 e. The van der Waals surface area contributed by atoms with Gasteiger partial charge in [0, 0.05) is 17.1 Å². The predicted molar refractivity (Wildman–Crippen MR) is 155 cm³/mol. The van der Waals surface area contributed by atoms with Gasteiger partial charge >= 0.3 is 0 Å². The van der Waals surface area contributed by atoms with Crippen molar-refractivity contribution in [1.29, 1.82) is 0 Å². The lowest BCUT2D eigenvalue weighted by atomic mass is 10.0. The second kappa shape index (κ2) is 11.1. The van der Waals surface area contributed by atoms with Crippen LogP contribution in [0.3, 0.4) is 0 Å². The first-order valence-corrected chi connectivity index (χ1v) is 14.6. The van der Waals surface area contributed by atoms with Gasteiger partial charge in [-0.2, -0.15) is 15.3 Å². The van der Waals surface area contributed by atoms with E-state index < -0.39 is 10.6 Å². The standard InChI is InChI=1S/C29H46Cl2N6/c1-16(2)22-13-25(19(7)8)35(32-22)29(28(30)31,36-26(20(9)10)14-23(33-36)17(3)4)37-27(21(11)12)15-24(34-37)18(5)6/h13-21,28H,1-12H3. The first-order chi connectivity index (χ1) is 17.1. The van der Waals surface area contributed by atoms with Crippen molar-refractivity contribution in [2.45, 2.75) is 129 Å². The van der Waals surface area contributed by atoms with Crippen molar-refractivity contribution >= 4 is 23.2 Å². The van der Waals surface area contributed by atoms with E-state index in [-0.39, 0.29) is 35.5 Å². The van der Waals surface area contributed by atoms with Crippen molar-refractivity contribution in [3.05, 3.63) is 52.4 Å². The van der Waals surface area contributed by atoms with Crippen molar-refractivity contribution in [2.75, 3.05) is 0 Å². The summed E-state index contributed by atoms with van der Waals surface area (Å²) >= 11 is 14.4. The molecule has 0 atom stereocenters. The number of alkyl halides is 2. The minimum Gasteiger partial charge on any atom is -0.219 e. The molecule has 0 amide bonds. The van der Waals surface area contributed by atoms with Gasteiger partial charge in [0.25, 0.3) is 5.79 Å². The Morgan fingerprint density at radius 3 is 0.892 bits per heavy atom. The highest BCUT2D eigenvalue weighted by molar-refractivity contribution is 6.45. The summed E-state index contributed by atoms with van der Waals surface area (Å²) in [6, 6.07) is 6.55. The van der Waals surface area contributed by atoms with E-state index in [1.165, 1.54) is 0 Å². The summed E-state index contributed by atoms with van der Waals surface area (Å²) < 4.78 is 6.05. The molecular weight excluding hydrogens is 503 g/mol. The molecule has 0 saturated heterocycles. The predicted octanol–water partition coefficient (Wildman–Crippen LogP) is 8.53. The third kappa shape index (κ3) is 5.25. The Morgan fingerprint density at radius 2 is 0.730 bits per heavy atom. The Balaban J connectivity index is 2.63. The van der Waals surface area contributed by atoms with Crippen LogP contribution in [0.15, 0.2) is 18.2 Å². The van der Waals surface area contributed by atoms with Crippen molar-refractivity contribution in [1.82, 2.24) is 29.3 Å². The van der Waals surface area contributed by atoms with Crippen molar-refractivity contribution < 1.29 is 0 Å². The number of aromatic nitrogens is 6. The highest BCUT2D eigenvalue weighted by Crippen LogP contribution is 2.41. The van der Waals surface area contributed by atoms with E-state index in [1.807, 2.05) is 14.0 Å². The largest absolute Gasteiger partial charge is 0.280 e. The van der Waals surface area contributed by atoms with Gasteiger partial charge in [0.05, 0.1) is 17.1 Å². The molecule has 0 bridgehead atoms. The number of rotatable bonds is 10. The van der Waals surface area contributed by atoms with Crippen LogP contribution in [-0.4, -0.2) is 34.2 Å². The van der Waals surface area contributed by atoms with Gasteiger partial charge in [0.15, 0.2) is 4.84 Å². The zero-order chi connectivity index (χ0) is 28.0. The summed E-state index contributed by atoms with van der Waals surface area (Å²) in [6.07, 6.45) is 0. The summed E-state index contributed by atoms with van der Waals surface area (Å²) in [6.45, 7) is 26.0. The molecule has 0 saturated carbocycles. The fourth-order valence-corrected chi connectivity index (χ4v) is 5.22. The normalized spacial score (nSPS) is 13.2. The summed E-state index contributed by atoms with van der Waals surface area (Å²) in [4.78, 5) is -0.945. The number of nitrogens with zero attached hydrogens (tertiary/aromatic N) is 6. The molecule has 3 rings (SSSR count). The second-order valence-electron chi connectivity index (χ2n) is 12.1. The van der Waals surface area contributed by atoms with Crippen LogP contribution >= 0.6 is 23.2 Å². The quantitative estimate of drug-likeness (QED) is 0.238. The second-order valence-corrected chi connectivity index (χ2v) is 13.2. The SMILES string of the molecule is CC(C)c1cc(C(C)C)n(C(C(Cl)Cl)(n2nc(C(C)C)cc2C(C)C)n2nc(C(C)C)cc2C(C)C)n1. The zero-order valence-corrected chi connectivity index (χ0v) is 26.2. The lowest BCUT2D eigenvalue weighted by molar-refractivity contribution is 0.114. The van der Waals surface area contributed by atoms with Crippen LogP contribution < -0.4 is 0 Å². The van der Waals surface area contributed by atoms with Gasteiger partial charge in [-0.15, -0.1) is 0 Å². The van der Waals surface area contributed by atoms with Crippen LogP contribution in [0.25, 0.3) is 0 Å². The zero-order valence-electron chi connectivity index (χ0n) is 24.7. The first-order valence-electron chi connectivity index (χ1n) is 13.7. The molecule has 0 radical (unpaired) electrons. The van der Waals surface area contributed by atoms with E-state index >= 15 is 0 Å². The van der Waals surface area contributed by atoms with Gasteiger partial charge in [-0.1, -0.05) is 106 Å². The Morgan fingerprint density at radius 1 is 0.486 bits per heavy atom. The average molecular weight is 550 g/mol. The van der Waals surface area contributed by atoms with Gasteiger partial charge < -0.3 is 0 Å². The van der Waals surface area contributed by atoms with Crippen LogP contribution in [-0.2, 0) is 5.79 Å². The Kier molecular flexibility index (Phi) is 8.96. The summed E-state index contributed by atoms with van der Waals surface area (Å²) in [7, 11) is 0. The molecule has 6 nitrogen and oxygen atoms in total. The number of hydrogen-bond donors (Lipinski definition) is 0. The van der Waals surface area contributed by atoms with Crippen LogP contribution in [0.4, 0.5) is 0 Å². The summed E-state index contributed by atoms with van der Waals surface area (Å²) in [5.74, 6) is 0.00678. The molecule has 0 spiro atoms. The fraction of sp³-hybridized carbons (Fsp3) is 0.690. The molecule has 8 heteroatoms. The summed E-state index contributed by atoms with van der Waals surface area (Å²) in [5, 5.41) is 15.6. The summed E-state index contributed by atoms with van der Waals surface area (Å²) in [5.41, 5.74) is 6.11. The van der Waals surface area contributed by atoms with Crippen molar-refractivity contribution in [3.8, 4) is 0 Å². The molecule has 0 fully saturated rings. The lowest BCUT2D eigenvalue weighted by Crippen LogP contribution is -2.57. The highest BCUT2D eigenvalue weighted by atomic mass is 35.5. The minimum atomic E-state index is -1.24. The first kappa shape index (κ1) is 29.8. The molecule has 0 aliphatic carbocycles. The van der Waals surface area contributed by atoms with Gasteiger partial charge in [0.2, 0.25) is 0 Å². The minimum absolute atomic E-state index is 0.178. The molecule has 3 aromatic heterocycles. The Labute approximate surface area is 233 Å². The Hall–Kier alpha value is -1.79. The Bertz CT molecular complexity index is 1050. The van der Waals surface area contributed by atoms with E-state index in [9.17, 15) is 0 Å². The molecule has 0 aliphatic heterocycles. The van der Waals surface area contributed by atoms with E-state index in [1.54, 1.807) is 0 Å². The molecule has 206 valence electrons. The molecule has 3 heterocycles.